The van der Waals surface area contributed by atoms with Crippen LogP contribution in [0, 0.1) is 0 Å². The predicted octanol–water partition coefficient (Wildman–Crippen LogP) is -0.807. The van der Waals surface area contributed by atoms with Gasteiger partial charge in [-0.3, -0.25) is 24.1 Å². The van der Waals surface area contributed by atoms with Crippen molar-refractivity contribution in [3.05, 3.63) is 75.3 Å². The van der Waals surface area contributed by atoms with Gasteiger partial charge < -0.3 is 62.2 Å². The third-order valence-electron chi connectivity index (χ3n) is 9.97. The highest BCUT2D eigenvalue weighted by atomic mass is 32.2. The van der Waals surface area contributed by atoms with Gasteiger partial charge in [0, 0.05) is 40.0 Å². The number of aromatic nitrogens is 3. The number of β-lactam (4-membered cyclic amide) rings is 1. The van der Waals surface area contributed by atoms with Crippen molar-refractivity contribution in [3.8, 4) is 0 Å². The monoisotopic (exact) mass is 1030 g/mol. The van der Waals surface area contributed by atoms with Crippen molar-refractivity contribution in [2.75, 3.05) is 29.2 Å². The summed E-state index contributed by atoms with van der Waals surface area (Å²) < 4.78 is 1.74. The van der Waals surface area contributed by atoms with Crippen LogP contribution in [-0.2, 0) is 54.6 Å². The summed E-state index contributed by atoms with van der Waals surface area (Å²) in [6.45, 7) is 4.08. The van der Waals surface area contributed by atoms with Gasteiger partial charge in [0.1, 0.15) is 45.6 Å². The van der Waals surface area contributed by atoms with Crippen LogP contribution in [0.2, 0.25) is 0 Å². The number of rotatable bonds is 20. The van der Waals surface area contributed by atoms with Crippen LogP contribution in [0.15, 0.2) is 74.2 Å². The topological polar surface area (TPSA) is 388 Å². The lowest BCUT2D eigenvalue weighted by atomic mass is 10.0. The molecule has 0 aromatic carbocycles. The van der Waals surface area contributed by atoms with E-state index in [0.717, 1.165) is 55.7 Å². The maximum absolute atomic E-state index is 14.3. The van der Waals surface area contributed by atoms with Gasteiger partial charge >= 0.3 is 23.9 Å². The Morgan fingerprint density at radius 2 is 1.46 bits per heavy atom. The van der Waals surface area contributed by atoms with E-state index in [-0.39, 0.29) is 51.0 Å². The Labute approximate surface area is 405 Å². The van der Waals surface area contributed by atoms with Gasteiger partial charge in [-0.05, 0) is 33.3 Å². The van der Waals surface area contributed by atoms with Gasteiger partial charge in [0.15, 0.2) is 40.6 Å². The number of thioether (sulfide) groups is 2. The minimum Gasteiger partial charge on any atom is -0.478 e. The molecule has 3 aromatic rings. The van der Waals surface area contributed by atoms with E-state index >= 15 is 0 Å². The second-order valence-electron chi connectivity index (χ2n) is 15.7. The number of hydrogen-bond donors (Lipinski definition) is 10. The zero-order chi connectivity index (χ0) is 50.5. The molecule has 0 aliphatic carbocycles. The van der Waals surface area contributed by atoms with E-state index in [2.05, 4.69) is 41.5 Å². The Morgan fingerprint density at radius 1 is 0.870 bits per heavy atom. The number of nitrogen functional groups attached to an aromatic ring is 1. The smallest absolute Gasteiger partial charge is 0.352 e. The first kappa shape index (κ1) is 51.2. The number of carboxylic acid groups (broad SMARTS) is 4. The van der Waals surface area contributed by atoms with Gasteiger partial charge in [0.05, 0.1) is 6.61 Å². The van der Waals surface area contributed by atoms with Crippen molar-refractivity contribution in [1.29, 1.82) is 0 Å². The maximum atomic E-state index is 14.3. The molecule has 0 bridgehead atoms. The standard InChI is InChI=1S/C39H41N11O15S4/c1-38(2,34(60)61)64-47-21(18-14-68-36(40)41-18)26(52)43-23(29-45-20(32(56)57)17(11-51)13-66-29)28(54)46-37-42-19(15-69-37)22(48-65-39(3,4)35(62)63)27(53)44-24-30(55)50-25(33(58)59)16(12-67-31(24)50)10-49-8-6-5-7-9-49/h5-9,14-15,23-24,29,31,45,51H,10-13H2,1-4H3,(H8-,40,41,42,43,44,46,52,53,54,56,57,58,59,60,61,62,63)/p+1/b47-21-,48-22-. The average Bonchev–Trinajstić information content (AvgIpc) is 3.95. The molecule has 1 fully saturated rings. The van der Waals surface area contributed by atoms with E-state index in [1.54, 1.807) is 35.2 Å². The number of thiazole rings is 2. The number of oxime groups is 2. The molecule has 69 heavy (non-hydrogen) atoms. The van der Waals surface area contributed by atoms with E-state index < -0.39 is 105 Å². The summed E-state index contributed by atoms with van der Waals surface area (Å²) in [6, 6.07) is 2.28. The summed E-state index contributed by atoms with van der Waals surface area (Å²) in [5.41, 5.74) is -0.169. The largest absolute Gasteiger partial charge is 0.478 e. The highest BCUT2D eigenvalue weighted by Gasteiger charge is 2.55. The zero-order valence-corrected chi connectivity index (χ0v) is 39.7. The number of nitrogens with zero attached hydrogens (tertiary/aromatic N) is 6. The predicted molar refractivity (Wildman–Crippen MR) is 245 cm³/mol. The molecule has 6 rings (SSSR count). The highest BCUT2D eigenvalue weighted by Crippen LogP contribution is 2.40. The van der Waals surface area contributed by atoms with E-state index in [0.29, 0.717) is 16.9 Å². The lowest BCUT2D eigenvalue weighted by Crippen LogP contribution is -2.71. The molecule has 11 N–H and O–H groups in total. The fourth-order valence-electron chi connectivity index (χ4n) is 6.15. The van der Waals surface area contributed by atoms with Gasteiger partial charge in [-0.25, -0.2) is 33.7 Å². The van der Waals surface area contributed by atoms with E-state index in [4.69, 9.17) is 15.4 Å². The number of carboxylic acids is 4. The molecule has 1 saturated heterocycles. The number of anilines is 2. The number of aliphatic hydroxyl groups is 1. The van der Waals surface area contributed by atoms with Crippen LogP contribution in [0.5, 0.6) is 0 Å². The maximum Gasteiger partial charge on any atom is 0.352 e. The number of amides is 4. The van der Waals surface area contributed by atoms with Gasteiger partial charge in [-0.15, -0.1) is 46.2 Å². The summed E-state index contributed by atoms with van der Waals surface area (Å²) in [6.07, 6.45) is 3.47. The molecular weight excluding hydrogens is 991 g/mol. The molecule has 26 nitrogen and oxygen atoms in total. The molecule has 30 heteroatoms. The quantitative estimate of drug-likeness (QED) is 0.0286. The van der Waals surface area contributed by atoms with Crippen LogP contribution >= 0.6 is 46.2 Å². The van der Waals surface area contributed by atoms with Crippen LogP contribution < -0.4 is 31.6 Å². The SMILES string of the molecule is CC(C)(O/N=C(\C(=O)NC(C(=O)Nc1nc(/C(=N/OC(C)(C)C(=O)O)C(=O)NC2C(=O)N3C(C(=O)O)=C(C[n+]4ccccc4)CSC23)cs1)C1NC(C(=O)O)=C(CO)CS1)c1csc(N)n1)C(=O)O. The molecule has 3 aromatic heterocycles. The lowest BCUT2D eigenvalue weighted by Gasteiger charge is -2.49. The summed E-state index contributed by atoms with van der Waals surface area (Å²) in [7, 11) is 0. The third kappa shape index (κ3) is 11.6. The molecule has 0 radical (unpaired) electrons. The molecule has 4 atom stereocenters. The molecule has 6 heterocycles. The Morgan fingerprint density at radius 3 is 2.03 bits per heavy atom. The summed E-state index contributed by atoms with van der Waals surface area (Å²) in [5.74, 6) is -9.79. The van der Waals surface area contributed by atoms with E-state index in [1.807, 2.05) is 0 Å². The number of aliphatic hydroxyl groups excluding tert-OH is 1. The van der Waals surface area contributed by atoms with Crippen molar-refractivity contribution in [3.63, 3.8) is 0 Å². The normalized spacial score (nSPS) is 19.1. The van der Waals surface area contributed by atoms with Crippen LogP contribution in [0.3, 0.4) is 0 Å². The number of nitrogens with one attached hydrogen (secondary N) is 4. The average molecular weight is 1030 g/mol. The summed E-state index contributed by atoms with van der Waals surface area (Å²) in [5, 5.41) is 66.8. The Hall–Kier alpha value is -7.15. The van der Waals surface area contributed by atoms with Crippen molar-refractivity contribution in [1.82, 2.24) is 30.8 Å². The summed E-state index contributed by atoms with van der Waals surface area (Å²) >= 11 is 3.72. The van der Waals surface area contributed by atoms with E-state index in [9.17, 15) is 63.9 Å². The van der Waals surface area contributed by atoms with Crippen LogP contribution in [-0.4, -0.2) is 151 Å². The molecule has 4 amide bonds. The van der Waals surface area contributed by atoms with E-state index in [1.165, 1.54) is 22.5 Å². The third-order valence-corrected chi connectivity index (χ3v) is 14.0. The van der Waals surface area contributed by atoms with Crippen molar-refractivity contribution < 1.29 is 78.1 Å². The van der Waals surface area contributed by atoms with Crippen molar-refractivity contribution in [2.24, 2.45) is 10.3 Å². The van der Waals surface area contributed by atoms with Gasteiger partial charge in [0.25, 0.3) is 23.6 Å². The number of pyridine rings is 1. The fourth-order valence-corrected chi connectivity index (χ4v) is 9.94. The Bertz CT molecular complexity index is 2720. The number of carbonyl (C=O) groups is 8. The summed E-state index contributed by atoms with van der Waals surface area (Å²) in [4.78, 5) is 124. The van der Waals surface area contributed by atoms with Gasteiger partial charge in [-0.2, -0.15) is 0 Å². The van der Waals surface area contributed by atoms with Crippen LogP contribution in [0.4, 0.5) is 10.3 Å². The Kier molecular flexibility index (Phi) is 15.6. The second kappa shape index (κ2) is 21.0. The second-order valence-corrected chi connectivity index (χ2v) is 19.7. The molecule has 4 unspecified atom stereocenters. The highest BCUT2D eigenvalue weighted by molar-refractivity contribution is 8.00. The molecule has 366 valence electrons. The first-order chi connectivity index (χ1) is 32.5. The van der Waals surface area contributed by atoms with Crippen molar-refractivity contribution in [2.45, 2.75) is 68.3 Å². The molecular formula is C39H42N11O15S4+. The number of hydrogen-bond acceptors (Lipinski definition) is 21. The molecule has 0 spiro atoms. The minimum atomic E-state index is -2.01. The van der Waals surface area contributed by atoms with Crippen LogP contribution in [0.1, 0.15) is 39.1 Å². The molecule has 3 aliphatic rings. The first-order valence-electron chi connectivity index (χ1n) is 19.9. The molecule has 3 aliphatic heterocycles. The van der Waals surface area contributed by atoms with Crippen molar-refractivity contribution >= 4 is 115 Å². The lowest BCUT2D eigenvalue weighted by molar-refractivity contribution is -0.689. The minimum absolute atomic E-state index is 0.0198. The zero-order valence-electron chi connectivity index (χ0n) is 36.4. The first-order valence-corrected chi connectivity index (χ1v) is 23.8. The molecule has 0 saturated carbocycles. The number of carbonyl (C=O) groups excluding carboxylic acids is 4. The van der Waals surface area contributed by atoms with Gasteiger partial charge in [-0.1, -0.05) is 16.4 Å². The number of aliphatic carboxylic acids is 4. The van der Waals surface area contributed by atoms with Crippen LogP contribution in [0.25, 0.3) is 0 Å². The number of fused-ring (bicyclic) bond motifs is 1. The van der Waals surface area contributed by atoms with Gasteiger partial charge in [0.2, 0.25) is 11.2 Å². The fraction of sp³-hybridized carbons (Fsp3) is 0.359. The Balaban J connectivity index is 1.28. The number of nitrogens with two attached hydrogens (primary N) is 1.